The minimum absolute atomic E-state index is 0.101. The number of fused-ring (bicyclic) bond motifs is 1. The first-order chi connectivity index (χ1) is 11.5. The zero-order valence-electron chi connectivity index (χ0n) is 13.8. The van der Waals surface area contributed by atoms with Gasteiger partial charge in [-0.3, -0.25) is 4.79 Å². The highest BCUT2D eigenvalue weighted by Crippen LogP contribution is 2.59. The van der Waals surface area contributed by atoms with Gasteiger partial charge in [-0.05, 0) is 55.2 Å². The van der Waals surface area contributed by atoms with Crippen LogP contribution in [0.2, 0.25) is 0 Å². The summed E-state index contributed by atoms with van der Waals surface area (Å²) in [5.41, 5.74) is 2.52. The molecular weight excluding hydrogens is 305 g/mol. The van der Waals surface area contributed by atoms with Gasteiger partial charge in [0.25, 0.3) is 0 Å². The van der Waals surface area contributed by atoms with E-state index in [4.69, 9.17) is 0 Å². The number of carbonyl (C=O) groups is 1. The summed E-state index contributed by atoms with van der Waals surface area (Å²) < 4.78 is 13.0. The van der Waals surface area contributed by atoms with Gasteiger partial charge in [0.1, 0.15) is 0 Å². The number of carbonyl (C=O) groups excluding carboxylic acids is 1. The number of aromatic nitrogens is 2. The second kappa shape index (κ2) is 5.65. The van der Waals surface area contributed by atoms with Crippen LogP contribution in [0.25, 0.3) is 11.4 Å². The average molecular weight is 325 g/mol. The lowest BCUT2D eigenvalue weighted by Gasteiger charge is -2.14. The van der Waals surface area contributed by atoms with Crippen LogP contribution in [0.5, 0.6) is 0 Å². The fourth-order valence-corrected chi connectivity index (χ4v) is 4.02. The van der Waals surface area contributed by atoms with Crippen molar-refractivity contribution in [1.29, 1.82) is 0 Å². The third-order valence-electron chi connectivity index (χ3n) is 5.61. The minimum Gasteiger partial charge on any atom is -0.326 e. The smallest absolute Gasteiger partial charge is 0.227 e. The van der Waals surface area contributed by atoms with Crippen LogP contribution in [0.15, 0.2) is 30.6 Å². The molecule has 24 heavy (non-hydrogen) atoms. The maximum atomic E-state index is 13.0. The Bertz CT molecular complexity index is 778. The topological polar surface area (TPSA) is 54.9 Å². The fourth-order valence-electron chi connectivity index (χ4n) is 4.02. The van der Waals surface area contributed by atoms with Gasteiger partial charge in [-0.25, -0.2) is 14.4 Å². The summed E-state index contributed by atoms with van der Waals surface area (Å²) >= 11 is 0. The van der Waals surface area contributed by atoms with Gasteiger partial charge in [-0.2, -0.15) is 0 Å². The second-order valence-electron chi connectivity index (χ2n) is 7.10. The SMILES string of the molecule is Cc1ccc(NC(=O)C2CC3C(C)C3C2)cc1-c1ncc(F)cn1. The number of amides is 1. The van der Waals surface area contributed by atoms with E-state index in [-0.39, 0.29) is 11.8 Å². The second-order valence-corrected chi connectivity index (χ2v) is 7.10. The summed E-state index contributed by atoms with van der Waals surface area (Å²) in [5.74, 6) is 2.53. The van der Waals surface area contributed by atoms with E-state index in [0.717, 1.165) is 59.8 Å². The third kappa shape index (κ3) is 2.68. The molecule has 124 valence electrons. The van der Waals surface area contributed by atoms with Crippen LogP contribution in [0.4, 0.5) is 10.1 Å². The van der Waals surface area contributed by atoms with Gasteiger partial charge in [0, 0.05) is 17.2 Å². The van der Waals surface area contributed by atoms with Crippen molar-refractivity contribution in [2.45, 2.75) is 26.7 Å². The molecule has 1 heterocycles. The normalized spacial score (nSPS) is 27.6. The maximum Gasteiger partial charge on any atom is 0.227 e. The van der Waals surface area contributed by atoms with Gasteiger partial charge >= 0.3 is 0 Å². The molecule has 0 spiro atoms. The summed E-state index contributed by atoms with van der Waals surface area (Å²) in [6.07, 6.45) is 4.33. The Balaban J connectivity index is 1.51. The Hall–Kier alpha value is -2.30. The molecule has 2 aliphatic rings. The largest absolute Gasteiger partial charge is 0.326 e. The summed E-state index contributed by atoms with van der Waals surface area (Å²) in [6.45, 7) is 4.22. The molecule has 2 unspecified atom stereocenters. The number of halogens is 1. The van der Waals surface area contributed by atoms with Crippen molar-refractivity contribution in [3.05, 3.63) is 42.0 Å². The minimum atomic E-state index is -0.463. The van der Waals surface area contributed by atoms with Gasteiger partial charge in [0.2, 0.25) is 5.91 Å². The van der Waals surface area contributed by atoms with Crippen LogP contribution in [-0.2, 0) is 4.79 Å². The molecule has 2 saturated carbocycles. The highest BCUT2D eigenvalue weighted by atomic mass is 19.1. The molecule has 0 bridgehead atoms. The number of benzene rings is 1. The lowest BCUT2D eigenvalue weighted by molar-refractivity contribution is -0.120. The molecule has 4 nitrogen and oxygen atoms in total. The molecule has 1 amide bonds. The van der Waals surface area contributed by atoms with E-state index >= 15 is 0 Å². The number of nitrogens with one attached hydrogen (secondary N) is 1. The Morgan fingerprint density at radius 2 is 1.88 bits per heavy atom. The van der Waals surface area contributed by atoms with Crippen molar-refractivity contribution in [1.82, 2.24) is 9.97 Å². The van der Waals surface area contributed by atoms with Gasteiger partial charge in [0.05, 0.1) is 12.4 Å². The number of hydrogen-bond donors (Lipinski definition) is 1. The Labute approximate surface area is 140 Å². The third-order valence-corrected chi connectivity index (χ3v) is 5.61. The van der Waals surface area contributed by atoms with E-state index in [0.29, 0.717) is 5.82 Å². The molecule has 5 heteroatoms. The van der Waals surface area contributed by atoms with E-state index in [2.05, 4.69) is 22.2 Å². The first kappa shape index (κ1) is 15.2. The molecule has 4 rings (SSSR count). The van der Waals surface area contributed by atoms with Crippen molar-refractivity contribution in [2.24, 2.45) is 23.7 Å². The summed E-state index contributed by atoms with van der Waals surface area (Å²) in [7, 11) is 0. The Kier molecular flexibility index (Phi) is 3.59. The predicted octanol–water partition coefficient (Wildman–Crippen LogP) is 3.82. The maximum absolute atomic E-state index is 13.0. The fraction of sp³-hybridized carbons (Fsp3) is 0.421. The van der Waals surface area contributed by atoms with Crippen molar-refractivity contribution in [2.75, 3.05) is 5.32 Å². The molecule has 0 aliphatic heterocycles. The molecule has 1 N–H and O–H groups in total. The van der Waals surface area contributed by atoms with Gasteiger partial charge in [0.15, 0.2) is 11.6 Å². The van der Waals surface area contributed by atoms with Crippen LogP contribution in [-0.4, -0.2) is 15.9 Å². The summed E-state index contributed by atoms with van der Waals surface area (Å²) in [4.78, 5) is 20.5. The van der Waals surface area contributed by atoms with Gasteiger partial charge in [-0.15, -0.1) is 0 Å². The van der Waals surface area contributed by atoms with Crippen LogP contribution in [0.3, 0.4) is 0 Å². The van der Waals surface area contributed by atoms with E-state index in [1.54, 1.807) is 0 Å². The molecule has 0 radical (unpaired) electrons. The monoisotopic (exact) mass is 325 g/mol. The number of nitrogens with zero attached hydrogens (tertiary/aromatic N) is 2. The van der Waals surface area contributed by atoms with E-state index in [1.165, 1.54) is 0 Å². The van der Waals surface area contributed by atoms with Crippen molar-refractivity contribution in [3.63, 3.8) is 0 Å². The molecule has 1 aromatic carbocycles. The molecule has 2 fully saturated rings. The van der Waals surface area contributed by atoms with Crippen LogP contribution in [0, 0.1) is 36.4 Å². The number of anilines is 1. The molecule has 0 saturated heterocycles. The van der Waals surface area contributed by atoms with Crippen molar-refractivity contribution in [3.8, 4) is 11.4 Å². The molecule has 2 aliphatic carbocycles. The van der Waals surface area contributed by atoms with Crippen LogP contribution < -0.4 is 5.32 Å². The lowest BCUT2D eigenvalue weighted by Crippen LogP contribution is -2.22. The van der Waals surface area contributed by atoms with Gasteiger partial charge in [-0.1, -0.05) is 13.0 Å². The average Bonchev–Trinajstić information content (AvgIpc) is 2.99. The zero-order chi connectivity index (χ0) is 16.8. The quantitative estimate of drug-likeness (QED) is 0.933. The Morgan fingerprint density at radius 3 is 2.54 bits per heavy atom. The number of rotatable bonds is 3. The summed E-state index contributed by atoms with van der Waals surface area (Å²) in [6, 6.07) is 5.67. The standard InChI is InChI=1S/C19H20FN3O/c1-10-3-4-14(7-15(10)18-21-8-13(20)9-22-18)23-19(24)12-5-16-11(2)17(16)6-12/h3-4,7-9,11-12,16-17H,5-6H2,1-2H3,(H,23,24). The highest BCUT2D eigenvalue weighted by Gasteiger charge is 2.54. The van der Waals surface area contributed by atoms with E-state index in [9.17, 15) is 9.18 Å². The molecule has 1 aromatic heterocycles. The zero-order valence-corrected chi connectivity index (χ0v) is 13.8. The number of hydrogen-bond acceptors (Lipinski definition) is 3. The summed E-state index contributed by atoms with van der Waals surface area (Å²) in [5, 5.41) is 3.02. The molecule has 2 atom stereocenters. The molecular formula is C19H20FN3O. The van der Waals surface area contributed by atoms with E-state index in [1.807, 2.05) is 25.1 Å². The molecule has 2 aromatic rings. The first-order valence-electron chi connectivity index (χ1n) is 8.42. The van der Waals surface area contributed by atoms with Crippen molar-refractivity contribution < 1.29 is 9.18 Å². The van der Waals surface area contributed by atoms with Crippen LogP contribution in [0.1, 0.15) is 25.3 Å². The van der Waals surface area contributed by atoms with E-state index < -0.39 is 5.82 Å². The predicted molar refractivity (Wildman–Crippen MR) is 89.7 cm³/mol. The van der Waals surface area contributed by atoms with Gasteiger partial charge < -0.3 is 5.32 Å². The lowest BCUT2D eigenvalue weighted by atomic mass is 9.99. The Morgan fingerprint density at radius 1 is 1.21 bits per heavy atom. The van der Waals surface area contributed by atoms with Crippen molar-refractivity contribution >= 4 is 11.6 Å². The first-order valence-corrected chi connectivity index (χ1v) is 8.42. The highest BCUT2D eigenvalue weighted by molar-refractivity contribution is 5.93. The van der Waals surface area contributed by atoms with Crippen LogP contribution >= 0.6 is 0 Å². The number of aryl methyl sites for hydroxylation is 1.